The first-order chi connectivity index (χ1) is 13.4. The molecule has 0 spiro atoms. The highest BCUT2D eigenvalue weighted by Gasteiger charge is 2.52. The Morgan fingerprint density at radius 3 is 2.58 bits per heavy atom. The lowest BCUT2D eigenvalue weighted by Crippen LogP contribution is -2.41. The Morgan fingerprint density at radius 2 is 2.05 bits per heavy atom. The molecule has 0 N–H and O–H groups in total. The van der Waals surface area contributed by atoms with Crippen molar-refractivity contribution in [3.63, 3.8) is 0 Å². The summed E-state index contributed by atoms with van der Waals surface area (Å²) in [5.41, 5.74) is -1.86. The number of aromatic nitrogens is 2. The maximum absolute atomic E-state index is 8.34. The first-order valence-corrected chi connectivity index (χ1v) is 5.86. The van der Waals surface area contributed by atoms with Crippen LogP contribution in [0.1, 0.15) is 63.7 Å². The summed E-state index contributed by atoms with van der Waals surface area (Å²) in [6.07, 6.45) is 0.838. The lowest BCUT2D eigenvalue weighted by Gasteiger charge is -2.32. The highest BCUT2D eigenvalue weighted by atomic mass is 16.7. The Bertz CT molecular complexity index is 810. The molecule has 1 saturated heterocycles. The molecule has 1 fully saturated rings. The van der Waals surface area contributed by atoms with E-state index in [1.807, 2.05) is 0 Å². The first-order valence-electron chi connectivity index (χ1n) is 11.9. The van der Waals surface area contributed by atoms with E-state index in [1.54, 1.807) is 27.7 Å². The second kappa shape index (κ2) is 4.63. The smallest absolute Gasteiger partial charge is 0.398 e. The van der Waals surface area contributed by atoms with Gasteiger partial charge in [0.2, 0.25) is 0 Å². The van der Waals surface area contributed by atoms with E-state index in [1.165, 1.54) is 0 Å². The van der Waals surface area contributed by atoms with Gasteiger partial charge in [0.05, 0.1) is 19.5 Å². The minimum absolute atomic E-state index is 0.188. The van der Waals surface area contributed by atoms with Crippen molar-refractivity contribution < 1.29 is 25.8 Å². The second-order valence-electron chi connectivity index (χ2n) is 5.43. The molecule has 1 aliphatic heterocycles. The van der Waals surface area contributed by atoms with Crippen LogP contribution in [0.3, 0.4) is 0 Å². The van der Waals surface area contributed by atoms with E-state index in [4.69, 9.17) is 25.8 Å². The van der Waals surface area contributed by atoms with E-state index in [2.05, 4.69) is 4.98 Å². The SMILES string of the molecule is [2H]C([2H])([2H])c1nc(B2OC(C)(C)C(C)(C)O2)cn1C([2H])([2H])C([2H])(C([2H])([2H])[2H])C([2H])([2H])[2H]. The van der Waals surface area contributed by atoms with Crippen LogP contribution in [0, 0.1) is 12.7 Å². The zero-order valence-electron chi connectivity index (χ0n) is 23.4. The van der Waals surface area contributed by atoms with Gasteiger partial charge in [-0.15, -0.1) is 0 Å². The number of aryl methyl sites for hydroxylation is 1. The third-order valence-corrected chi connectivity index (χ3v) is 3.45. The molecule has 2 rings (SSSR count). The topological polar surface area (TPSA) is 36.3 Å². The molecule has 106 valence electrons. The second-order valence-corrected chi connectivity index (χ2v) is 5.43. The largest absolute Gasteiger partial charge is 0.516 e. The van der Waals surface area contributed by atoms with Crippen LogP contribution in [0.2, 0.25) is 0 Å². The Balaban J connectivity index is 2.74. The van der Waals surface area contributed by atoms with Gasteiger partial charge in [-0.05, 0) is 40.4 Å². The summed E-state index contributed by atoms with van der Waals surface area (Å²) in [6, 6.07) is 0. The molecule has 1 aromatic heterocycles. The number of hydrogen-bond donors (Lipinski definition) is 0. The number of rotatable bonds is 3. The van der Waals surface area contributed by atoms with Gasteiger partial charge in [-0.25, -0.2) is 4.98 Å². The highest BCUT2D eigenvalue weighted by molar-refractivity contribution is 6.61. The lowest BCUT2D eigenvalue weighted by molar-refractivity contribution is 0.00578. The fraction of sp³-hybridized carbons (Fsp3) is 0.786. The molecule has 0 amide bonds. The first kappa shape index (κ1) is 5.53. The van der Waals surface area contributed by atoms with Gasteiger partial charge in [0.1, 0.15) is 5.82 Å². The van der Waals surface area contributed by atoms with E-state index in [0.717, 1.165) is 6.20 Å². The van der Waals surface area contributed by atoms with E-state index in [-0.39, 0.29) is 10.2 Å². The predicted octanol–water partition coefficient (Wildman–Crippen LogP) is 2.15. The van der Waals surface area contributed by atoms with Crippen molar-refractivity contribution in [2.45, 2.75) is 65.9 Å². The van der Waals surface area contributed by atoms with Crippen LogP contribution in [0.4, 0.5) is 0 Å². The molecule has 0 radical (unpaired) electrons. The van der Waals surface area contributed by atoms with Crippen molar-refractivity contribution in [1.82, 2.24) is 9.55 Å². The summed E-state index contributed by atoms with van der Waals surface area (Å²) in [5, 5.41) is 0. The van der Waals surface area contributed by atoms with Crippen LogP contribution >= 0.6 is 0 Å². The summed E-state index contributed by atoms with van der Waals surface area (Å²) < 4.78 is 105. The van der Waals surface area contributed by atoms with Crippen molar-refractivity contribution in [2.75, 3.05) is 0 Å². The van der Waals surface area contributed by atoms with E-state index >= 15 is 0 Å². The molecule has 0 saturated carbocycles. The standard InChI is InChI=1S/C14H25BN2O2/c1-10(2)8-17-9-12(16-11(17)3)15-18-13(4,5)14(6,7)19-15/h9-10H,8H2,1-7H3/i1D3,2D3,3D3,8D2,10D. The normalized spacial score (nSPS) is 34.0. The summed E-state index contributed by atoms with van der Waals surface area (Å²) in [7, 11) is -1.22. The molecule has 0 atom stereocenters. The summed E-state index contributed by atoms with van der Waals surface area (Å²) >= 11 is 0. The van der Waals surface area contributed by atoms with Crippen LogP contribution in [0.25, 0.3) is 0 Å². The maximum Gasteiger partial charge on any atom is 0.516 e. The molecule has 0 unspecified atom stereocenters. The van der Waals surface area contributed by atoms with E-state index in [0.29, 0.717) is 0 Å². The number of imidazole rings is 1. The van der Waals surface area contributed by atoms with Crippen molar-refractivity contribution in [3.05, 3.63) is 12.0 Å². The Morgan fingerprint density at radius 1 is 1.42 bits per heavy atom. The van der Waals surface area contributed by atoms with Gasteiger partial charge >= 0.3 is 7.12 Å². The van der Waals surface area contributed by atoms with Gasteiger partial charge in [-0.3, -0.25) is 0 Å². The fourth-order valence-corrected chi connectivity index (χ4v) is 1.68. The fourth-order valence-electron chi connectivity index (χ4n) is 1.68. The third kappa shape index (κ3) is 2.72. The van der Waals surface area contributed by atoms with Crippen LogP contribution in [0.5, 0.6) is 0 Å². The average molecular weight is 276 g/mol. The quantitative estimate of drug-likeness (QED) is 0.794. The van der Waals surface area contributed by atoms with Crippen molar-refractivity contribution >= 4 is 12.7 Å². The van der Waals surface area contributed by atoms with Crippen LogP contribution in [-0.4, -0.2) is 27.9 Å². The summed E-state index contributed by atoms with van der Waals surface area (Å²) in [6.45, 7) is -6.94. The minimum atomic E-state index is -3.71. The highest BCUT2D eigenvalue weighted by Crippen LogP contribution is 2.36. The Kier molecular flexibility index (Phi) is 1.35. The molecule has 19 heavy (non-hydrogen) atoms. The third-order valence-electron chi connectivity index (χ3n) is 3.45. The molecular weight excluding hydrogens is 239 g/mol. The number of nitrogens with zero attached hydrogens (tertiary/aromatic N) is 2. The molecule has 0 aliphatic carbocycles. The van der Waals surface area contributed by atoms with Crippen LogP contribution in [-0.2, 0) is 15.8 Å². The van der Waals surface area contributed by atoms with E-state index < -0.39 is 57.1 Å². The van der Waals surface area contributed by atoms with Gasteiger partial charge in [-0.1, -0.05) is 13.7 Å². The monoisotopic (exact) mass is 276 g/mol. The minimum Gasteiger partial charge on any atom is -0.398 e. The molecule has 1 aromatic rings. The molecular formula is C14H25BN2O2. The summed E-state index contributed by atoms with van der Waals surface area (Å²) in [5.74, 6) is -4.63. The van der Waals surface area contributed by atoms with Gasteiger partial charge in [0, 0.05) is 26.4 Å². The van der Waals surface area contributed by atoms with E-state index in [9.17, 15) is 0 Å². The molecule has 1 aliphatic rings. The molecule has 2 heterocycles. The van der Waals surface area contributed by atoms with Gasteiger partial charge in [-0.2, -0.15) is 0 Å². The zero-order valence-corrected chi connectivity index (χ0v) is 11.4. The molecule has 0 aromatic carbocycles. The predicted molar refractivity (Wildman–Crippen MR) is 77.5 cm³/mol. The van der Waals surface area contributed by atoms with Crippen molar-refractivity contribution in [3.8, 4) is 0 Å². The van der Waals surface area contributed by atoms with Gasteiger partial charge in [0.15, 0.2) is 0 Å². The van der Waals surface area contributed by atoms with Crippen LogP contribution in [0.15, 0.2) is 6.20 Å². The Labute approximate surface area is 133 Å². The maximum atomic E-state index is 8.34. The number of hydrogen-bond acceptors (Lipinski definition) is 3. The van der Waals surface area contributed by atoms with Crippen molar-refractivity contribution in [2.24, 2.45) is 5.89 Å². The zero-order chi connectivity index (χ0) is 24.6. The molecule has 4 nitrogen and oxygen atoms in total. The Hall–Kier alpha value is -0.805. The van der Waals surface area contributed by atoms with Gasteiger partial charge < -0.3 is 13.9 Å². The van der Waals surface area contributed by atoms with Crippen LogP contribution < -0.4 is 5.59 Å². The van der Waals surface area contributed by atoms with Gasteiger partial charge in [0.25, 0.3) is 0 Å². The lowest BCUT2D eigenvalue weighted by atomic mass is 9.86. The van der Waals surface area contributed by atoms with Crippen molar-refractivity contribution in [1.29, 1.82) is 0 Å². The summed E-state index contributed by atoms with van der Waals surface area (Å²) in [4.78, 5) is 3.90. The molecule has 5 heteroatoms. The molecule has 0 bridgehead atoms. The average Bonchev–Trinajstić information content (AvgIpc) is 3.04.